The first-order chi connectivity index (χ1) is 11.0. The summed E-state index contributed by atoms with van der Waals surface area (Å²) in [6.07, 6.45) is 1.17. The molecule has 0 atom stereocenters. The van der Waals surface area contributed by atoms with Crippen molar-refractivity contribution in [2.75, 3.05) is 10.6 Å². The molecule has 2 amide bonds. The molecule has 0 fully saturated rings. The van der Waals surface area contributed by atoms with E-state index in [9.17, 15) is 18.4 Å². The average molecular weight is 318 g/mol. The van der Waals surface area contributed by atoms with Gasteiger partial charge in [-0.25, -0.2) is 8.78 Å². The van der Waals surface area contributed by atoms with Gasteiger partial charge in [-0.15, -0.1) is 0 Å². The maximum atomic E-state index is 13.1. The number of carbonyl (C=O) groups excluding carboxylic acids is 2. The number of rotatable bonds is 5. The zero-order valence-corrected chi connectivity index (χ0v) is 12.5. The Hall–Kier alpha value is -2.76. The van der Waals surface area contributed by atoms with Gasteiger partial charge >= 0.3 is 0 Å². The maximum absolute atomic E-state index is 13.1. The van der Waals surface area contributed by atoms with Crippen LogP contribution in [0, 0.1) is 11.6 Å². The molecule has 6 heteroatoms. The lowest BCUT2D eigenvalue weighted by Crippen LogP contribution is -2.13. The van der Waals surface area contributed by atoms with Crippen LogP contribution in [0.4, 0.5) is 20.2 Å². The fraction of sp³-hybridized carbons (Fsp3) is 0.176. The van der Waals surface area contributed by atoms with Crippen LogP contribution in [0.3, 0.4) is 0 Å². The van der Waals surface area contributed by atoms with Crippen molar-refractivity contribution in [2.45, 2.75) is 19.8 Å². The Kier molecular flexibility index (Phi) is 5.41. The van der Waals surface area contributed by atoms with Crippen LogP contribution in [-0.2, 0) is 4.79 Å². The predicted octanol–water partition coefficient (Wildman–Crippen LogP) is 3.96. The first-order valence-electron chi connectivity index (χ1n) is 7.15. The summed E-state index contributed by atoms with van der Waals surface area (Å²) in [5.74, 6) is -2.13. The third-order valence-corrected chi connectivity index (χ3v) is 3.03. The van der Waals surface area contributed by atoms with E-state index in [1.165, 1.54) is 12.1 Å². The van der Waals surface area contributed by atoms with Gasteiger partial charge in [-0.1, -0.05) is 6.92 Å². The minimum absolute atomic E-state index is 0.0350. The normalized spacial score (nSPS) is 10.2. The number of hydrogen-bond acceptors (Lipinski definition) is 2. The third-order valence-electron chi connectivity index (χ3n) is 3.03. The van der Waals surface area contributed by atoms with Crippen molar-refractivity contribution in [2.24, 2.45) is 0 Å². The largest absolute Gasteiger partial charge is 0.326 e. The van der Waals surface area contributed by atoms with Gasteiger partial charge < -0.3 is 10.6 Å². The van der Waals surface area contributed by atoms with Gasteiger partial charge in [-0.05, 0) is 42.8 Å². The Bertz CT molecular complexity index is 695. The van der Waals surface area contributed by atoms with Gasteiger partial charge in [0.1, 0.15) is 11.6 Å². The van der Waals surface area contributed by atoms with Crippen molar-refractivity contribution >= 4 is 23.2 Å². The number of halogens is 2. The molecule has 120 valence electrons. The lowest BCUT2D eigenvalue weighted by Gasteiger charge is -2.07. The van der Waals surface area contributed by atoms with E-state index in [0.717, 1.165) is 24.6 Å². The smallest absolute Gasteiger partial charge is 0.255 e. The quantitative estimate of drug-likeness (QED) is 0.877. The zero-order valence-electron chi connectivity index (χ0n) is 12.5. The summed E-state index contributed by atoms with van der Waals surface area (Å²) >= 11 is 0. The second kappa shape index (κ2) is 7.49. The molecule has 0 bridgehead atoms. The molecule has 2 aromatic carbocycles. The van der Waals surface area contributed by atoms with Gasteiger partial charge in [-0.3, -0.25) is 9.59 Å². The molecule has 0 unspecified atom stereocenters. The Labute approximate surface area is 132 Å². The van der Waals surface area contributed by atoms with Crippen LogP contribution in [0.1, 0.15) is 30.1 Å². The van der Waals surface area contributed by atoms with Crippen LogP contribution < -0.4 is 10.6 Å². The lowest BCUT2D eigenvalue weighted by molar-refractivity contribution is -0.116. The van der Waals surface area contributed by atoms with E-state index in [4.69, 9.17) is 0 Å². The highest BCUT2D eigenvalue weighted by Crippen LogP contribution is 2.15. The number of nitrogens with one attached hydrogen (secondary N) is 2. The molecule has 4 nitrogen and oxygen atoms in total. The highest BCUT2D eigenvalue weighted by Gasteiger charge is 2.09. The number of amides is 2. The molecule has 0 heterocycles. The van der Waals surface area contributed by atoms with Crippen LogP contribution in [0.5, 0.6) is 0 Å². The molecule has 2 N–H and O–H groups in total. The van der Waals surface area contributed by atoms with Crippen LogP contribution in [-0.4, -0.2) is 11.8 Å². The zero-order chi connectivity index (χ0) is 16.8. The molecule has 0 aliphatic heterocycles. The highest BCUT2D eigenvalue weighted by atomic mass is 19.1. The van der Waals surface area contributed by atoms with Crippen molar-refractivity contribution in [3.8, 4) is 0 Å². The van der Waals surface area contributed by atoms with Crippen LogP contribution in [0.2, 0.25) is 0 Å². The van der Waals surface area contributed by atoms with Gasteiger partial charge in [0.2, 0.25) is 5.91 Å². The second-order valence-corrected chi connectivity index (χ2v) is 4.99. The first kappa shape index (κ1) is 16.6. The van der Waals surface area contributed by atoms with Gasteiger partial charge in [0.25, 0.3) is 5.91 Å². The average Bonchev–Trinajstić information content (AvgIpc) is 2.47. The summed E-state index contributed by atoms with van der Waals surface area (Å²) < 4.78 is 26.2. The second-order valence-electron chi connectivity index (χ2n) is 4.99. The summed E-state index contributed by atoms with van der Waals surface area (Å²) in [6, 6.07) is 9.01. The molecule has 0 aromatic heterocycles. The minimum atomic E-state index is -0.769. The number of benzene rings is 2. The molecule has 2 rings (SSSR count). The summed E-state index contributed by atoms with van der Waals surface area (Å²) in [7, 11) is 0. The highest BCUT2D eigenvalue weighted by molar-refractivity contribution is 6.04. The Morgan fingerprint density at radius 3 is 2.09 bits per heavy atom. The molecule has 0 saturated heterocycles. The molecule has 0 radical (unpaired) electrons. The first-order valence-corrected chi connectivity index (χ1v) is 7.15. The Balaban J connectivity index is 2.03. The standard InChI is InChI=1S/C17H16F2N2O2/c1-2-3-16(22)20-14-6-4-11(5-7-14)17(23)21-15-9-12(18)8-13(19)10-15/h4-10H,2-3H2,1H3,(H,20,22)(H,21,23). The molecule has 23 heavy (non-hydrogen) atoms. The molecule has 0 saturated carbocycles. The summed E-state index contributed by atoms with van der Waals surface area (Å²) in [5.41, 5.74) is 0.924. The SMILES string of the molecule is CCCC(=O)Nc1ccc(C(=O)Nc2cc(F)cc(F)c2)cc1. The third kappa shape index (κ3) is 4.88. The van der Waals surface area contributed by atoms with E-state index in [2.05, 4.69) is 10.6 Å². The van der Waals surface area contributed by atoms with E-state index in [1.807, 2.05) is 6.92 Å². The summed E-state index contributed by atoms with van der Waals surface area (Å²) in [5, 5.41) is 5.12. The lowest BCUT2D eigenvalue weighted by atomic mass is 10.2. The van der Waals surface area contributed by atoms with Gasteiger partial charge in [-0.2, -0.15) is 0 Å². The van der Waals surface area contributed by atoms with E-state index < -0.39 is 17.5 Å². The maximum Gasteiger partial charge on any atom is 0.255 e. The topological polar surface area (TPSA) is 58.2 Å². The van der Waals surface area contributed by atoms with E-state index in [1.54, 1.807) is 12.1 Å². The molecular formula is C17H16F2N2O2. The van der Waals surface area contributed by atoms with E-state index >= 15 is 0 Å². The van der Waals surface area contributed by atoms with Gasteiger partial charge in [0.15, 0.2) is 0 Å². The number of hydrogen-bond donors (Lipinski definition) is 2. The van der Waals surface area contributed by atoms with Gasteiger partial charge in [0, 0.05) is 29.4 Å². The van der Waals surface area contributed by atoms with Crippen molar-refractivity contribution < 1.29 is 18.4 Å². The van der Waals surface area contributed by atoms with Crippen molar-refractivity contribution in [3.63, 3.8) is 0 Å². The molecule has 0 spiro atoms. The Morgan fingerprint density at radius 2 is 1.52 bits per heavy atom. The van der Waals surface area contributed by atoms with Gasteiger partial charge in [0.05, 0.1) is 0 Å². The minimum Gasteiger partial charge on any atom is -0.326 e. The van der Waals surface area contributed by atoms with Crippen molar-refractivity contribution in [3.05, 3.63) is 59.7 Å². The van der Waals surface area contributed by atoms with Crippen molar-refractivity contribution in [1.29, 1.82) is 0 Å². The molecule has 0 aliphatic rings. The molecular weight excluding hydrogens is 302 g/mol. The van der Waals surface area contributed by atoms with Crippen LogP contribution in [0.25, 0.3) is 0 Å². The fourth-order valence-corrected chi connectivity index (χ4v) is 1.98. The van der Waals surface area contributed by atoms with Crippen LogP contribution >= 0.6 is 0 Å². The summed E-state index contributed by atoms with van der Waals surface area (Å²) in [6.45, 7) is 1.91. The molecule has 0 aliphatic carbocycles. The van der Waals surface area contributed by atoms with E-state index in [-0.39, 0.29) is 11.6 Å². The summed E-state index contributed by atoms with van der Waals surface area (Å²) in [4.78, 5) is 23.5. The van der Waals surface area contributed by atoms with Crippen molar-refractivity contribution in [1.82, 2.24) is 0 Å². The van der Waals surface area contributed by atoms with Crippen LogP contribution in [0.15, 0.2) is 42.5 Å². The Morgan fingerprint density at radius 1 is 0.913 bits per heavy atom. The number of anilines is 2. The monoisotopic (exact) mass is 318 g/mol. The molecule has 2 aromatic rings. The number of carbonyl (C=O) groups is 2. The fourth-order valence-electron chi connectivity index (χ4n) is 1.98. The van der Waals surface area contributed by atoms with E-state index in [0.29, 0.717) is 17.7 Å². The predicted molar refractivity (Wildman–Crippen MR) is 84.3 cm³/mol.